The average Bonchev–Trinajstić information content (AvgIpc) is 2.88. The van der Waals surface area contributed by atoms with Gasteiger partial charge in [0.2, 0.25) is 11.8 Å². The van der Waals surface area contributed by atoms with Crippen molar-refractivity contribution in [2.75, 3.05) is 18.5 Å². The molecular weight excluding hydrogens is 362 g/mol. The zero-order valence-corrected chi connectivity index (χ0v) is 14.4. The molecule has 0 spiro atoms. The van der Waals surface area contributed by atoms with Crippen LogP contribution in [0.4, 0.5) is 14.5 Å². The molecule has 0 radical (unpaired) electrons. The average molecular weight is 380 g/mol. The van der Waals surface area contributed by atoms with Gasteiger partial charge in [0.05, 0.1) is 17.5 Å². The summed E-state index contributed by atoms with van der Waals surface area (Å²) in [5.41, 5.74) is -0.258. The molecule has 1 aromatic carbocycles. The van der Waals surface area contributed by atoms with Gasteiger partial charge in [-0.25, -0.2) is 8.78 Å². The first kappa shape index (κ1) is 18.9. The Labute approximate surface area is 153 Å². The summed E-state index contributed by atoms with van der Waals surface area (Å²) >= 11 is 0. The Morgan fingerprint density at radius 1 is 1.11 bits per heavy atom. The summed E-state index contributed by atoms with van der Waals surface area (Å²) in [6.45, 7) is -1.28. The van der Waals surface area contributed by atoms with Gasteiger partial charge in [-0.05, 0) is 25.0 Å². The first-order valence-electron chi connectivity index (χ1n) is 8.62. The number of nitrogens with zero attached hydrogens (tertiary/aromatic N) is 1. The van der Waals surface area contributed by atoms with E-state index in [0.29, 0.717) is 18.9 Å². The van der Waals surface area contributed by atoms with E-state index in [2.05, 4.69) is 5.32 Å². The Kier molecular flexibility index (Phi) is 5.48. The molecule has 144 valence electrons. The topological polar surface area (TPSA) is 92.8 Å². The fourth-order valence-corrected chi connectivity index (χ4v) is 3.48. The molecule has 3 rings (SSSR count). The zero-order chi connectivity index (χ0) is 19.6. The van der Waals surface area contributed by atoms with Crippen LogP contribution < -0.4 is 5.32 Å². The van der Waals surface area contributed by atoms with Crippen LogP contribution in [0.25, 0.3) is 0 Å². The van der Waals surface area contributed by atoms with Crippen LogP contribution in [-0.4, -0.2) is 41.7 Å². The summed E-state index contributed by atoms with van der Waals surface area (Å²) in [5.74, 6) is -5.00. The Balaban J connectivity index is 1.50. The highest BCUT2D eigenvalue weighted by atomic mass is 19.1. The van der Waals surface area contributed by atoms with Crippen molar-refractivity contribution < 1.29 is 32.7 Å². The minimum Gasteiger partial charge on any atom is -0.454 e. The smallest absolute Gasteiger partial charge is 0.326 e. The molecule has 2 fully saturated rings. The zero-order valence-electron chi connectivity index (χ0n) is 14.4. The molecule has 0 aromatic heterocycles. The lowest BCUT2D eigenvalue weighted by Gasteiger charge is -2.19. The highest BCUT2D eigenvalue weighted by Gasteiger charge is 2.48. The number of halogens is 2. The number of amides is 3. The fourth-order valence-electron chi connectivity index (χ4n) is 3.48. The number of carbonyl (C=O) groups is 4. The molecule has 0 bridgehead atoms. The van der Waals surface area contributed by atoms with E-state index in [1.165, 1.54) is 0 Å². The third-order valence-corrected chi connectivity index (χ3v) is 4.79. The molecule has 1 aliphatic carbocycles. The maximum absolute atomic E-state index is 13.5. The van der Waals surface area contributed by atoms with Crippen LogP contribution in [0.1, 0.15) is 25.7 Å². The van der Waals surface area contributed by atoms with E-state index in [-0.39, 0.29) is 29.3 Å². The highest BCUT2D eigenvalue weighted by molar-refractivity contribution is 6.07. The van der Waals surface area contributed by atoms with E-state index in [4.69, 9.17) is 4.74 Å². The van der Waals surface area contributed by atoms with Gasteiger partial charge in [0.15, 0.2) is 6.61 Å². The molecular formula is C18H18F2N2O5. The lowest BCUT2D eigenvalue weighted by Crippen LogP contribution is -2.37. The summed E-state index contributed by atoms with van der Waals surface area (Å²) in [6, 6.07) is 2.61. The van der Waals surface area contributed by atoms with E-state index >= 15 is 0 Å². The SMILES string of the molecule is O=C(COC(=O)CN1C(=O)[C@H]2CCCC[C@@H]2C1=O)Nc1ccc(F)cc1F. The fraction of sp³-hybridized carbons (Fsp3) is 0.444. The Bertz CT molecular complexity index is 774. The molecule has 2 aliphatic rings. The van der Waals surface area contributed by atoms with E-state index in [1.807, 2.05) is 0 Å². The second-order valence-electron chi connectivity index (χ2n) is 6.59. The van der Waals surface area contributed by atoms with E-state index < -0.39 is 36.7 Å². The van der Waals surface area contributed by atoms with Gasteiger partial charge in [0, 0.05) is 6.07 Å². The van der Waals surface area contributed by atoms with Crippen molar-refractivity contribution in [1.82, 2.24) is 4.90 Å². The largest absolute Gasteiger partial charge is 0.454 e. The van der Waals surface area contributed by atoms with Gasteiger partial charge in [-0.3, -0.25) is 24.1 Å². The van der Waals surface area contributed by atoms with Crippen LogP contribution in [-0.2, 0) is 23.9 Å². The molecule has 1 aliphatic heterocycles. The molecule has 9 heteroatoms. The van der Waals surface area contributed by atoms with Gasteiger partial charge in [-0.15, -0.1) is 0 Å². The number of esters is 1. The van der Waals surface area contributed by atoms with Crippen LogP contribution in [0, 0.1) is 23.5 Å². The molecule has 27 heavy (non-hydrogen) atoms. The van der Waals surface area contributed by atoms with E-state index in [0.717, 1.165) is 29.9 Å². The molecule has 1 saturated heterocycles. The van der Waals surface area contributed by atoms with Crippen molar-refractivity contribution in [3.05, 3.63) is 29.8 Å². The minimum atomic E-state index is -0.967. The molecule has 3 amide bonds. The number of hydrogen-bond acceptors (Lipinski definition) is 5. The number of hydrogen-bond donors (Lipinski definition) is 1. The van der Waals surface area contributed by atoms with Gasteiger partial charge in [-0.2, -0.15) is 0 Å². The summed E-state index contributed by atoms with van der Waals surface area (Å²) < 4.78 is 31.1. The first-order chi connectivity index (χ1) is 12.9. The van der Waals surface area contributed by atoms with Crippen molar-refractivity contribution in [3.63, 3.8) is 0 Å². The Morgan fingerprint density at radius 2 is 1.74 bits per heavy atom. The van der Waals surface area contributed by atoms with Crippen molar-refractivity contribution >= 4 is 29.4 Å². The van der Waals surface area contributed by atoms with Crippen LogP contribution in [0.2, 0.25) is 0 Å². The number of carbonyl (C=O) groups excluding carboxylic acids is 4. The van der Waals surface area contributed by atoms with Gasteiger partial charge in [0.25, 0.3) is 5.91 Å². The lowest BCUT2D eigenvalue weighted by molar-refractivity contribution is -0.154. The number of fused-ring (bicyclic) bond motifs is 1. The summed E-state index contributed by atoms with van der Waals surface area (Å²) in [7, 11) is 0. The van der Waals surface area contributed by atoms with Crippen molar-refractivity contribution in [2.24, 2.45) is 11.8 Å². The number of nitrogens with one attached hydrogen (secondary N) is 1. The van der Waals surface area contributed by atoms with Crippen molar-refractivity contribution in [2.45, 2.75) is 25.7 Å². The van der Waals surface area contributed by atoms with Crippen LogP contribution in [0.5, 0.6) is 0 Å². The van der Waals surface area contributed by atoms with Crippen molar-refractivity contribution in [1.29, 1.82) is 0 Å². The third kappa shape index (κ3) is 4.12. The quantitative estimate of drug-likeness (QED) is 0.619. The van der Waals surface area contributed by atoms with Crippen LogP contribution in [0.15, 0.2) is 18.2 Å². The Hall–Kier alpha value is -2.84. The van der Waals surface area contributed by atoms with Gasteiger partial charge in [-0.1, -0.05) is 12.8 Å². The first-order valence-corrected chi connectivity index (χ1v) is 8.62. The second kappa shape index (κ2) is 7.81. The molecule has 0 unspecified atom stereocenters. The van der Waals surface area contributed by atoms with Gasteiger partial charge in [0.1, 0.15) is 18.2 Å². The predicted octanol–water partition coefficient (Wildman–Crippen LogP) is 1.62. The van der Waals surface area contributed by atoms with Gasteiger partial charge >= 0.3 is 5.97 Å². The summed E-state index contributed by atoms with van der Waals surface area (Å²) in [6.07, 6.45) is 3.01. The standard InChI is InChI=1S/C18H18F2N2O5/c19-10-5-6-14(13(20)7-10)21-15(23)9-27-16(24)8-22-17(25)11-3-1-2-4-12(11)18(22)26/h5-7,11-12H,1-4,8-9H2,(H,21,23)/t11-,12-/m0/s1. The number of likely N-dealkylation sites (tertiary alicyclic amines) is 1. The third-order valence-electron chi connectivity index (χ3n) is 4.79. The molecule has 1 saturated carbocycles. The monoisotopic (exact) mass is 380 g/mol. The minimum absolute atomic E-state index is 0.258. The van der Waals surface area contributed by atoms with Gasteiger partial charge < -0.3 is 10.1 Å². The highest BCUT2D eigenvalue weighted by Crippen LogP contribution is 2.37. The molecule has 1 aromatic rings. The molecule has 2 atom stereocenters. The number of anilines is 1. The molecule has 7 nitrogen and oxygen atoms in total. The van der Waals surface area contributed by atoms with E-state index in [1.54, 1.807) is 0 Å². The maximum atomic E-state index is 13.5. The normalized spacial score (nSPS) is 21.8. The number of benzene rings is 1. The summed E-state index contributed by atoms with van der Waals surface area (Å²) in [4.78, 5) is 49.1. The second-order valence-corrected chi connectivity index (χ2v) is 6.59. The molecule has 1 heterocycles. The number of ether oxygens (including phenoxy) is 1. The summed E-state index contributed by atoms with van der Waals surface area (Å²) in [5, 5.41) is 2.14. The van der Waals surface area contributed by atoms with Crippen molar-refractivity contribution in [3.8, 4) is 0 Å². The predicted molar refractivity (Wildman–Crippen MR) is 88.1 cm³/mol. The van der Waals surface area contributed by atoms with E-state index in [9.17, 15) is 28.0 Å². The molecule has 1 N–H and O–H groups in total. The van der Waals surface area contributed by atoms with Crippen LogP contribution in [0.3, 0.4) is 0 Å². The lowest BCUT2D eigenvalue weighted by atomic mass is 9.81. The van der Waals surface area contributed by atoms with Crippen LogP contribution >= 0.6 is 0 Å². The Morgan fingerprint density at radius 3 is 2.33 bits per heavy atom. The number of rotatable bonds is 5. The maximum Gasteiger partial charge on any atom is 0.326 e. The number of imide groups is 1.